The summed E-state index contributed by atoms with van der Waals surface area (Å²) in [6.45, 7) is 0. The van der Waals surface area contributed by atoms with Gasteiger partial charge >= 0.3 is 0 Å². The Morgan fingerprint density at radius 1 is 1.24 bits per heavy atom. The zero-order chi connectivity index (χ0) is 12.0. The Morgan fingerprint density at radius 2 is 2.00 bits per heavy atom. The fourth-order valence-corrected chi connectivity index (χ4v) is 2.49. The molecule has 1 aromatic carbocycles. The van der Waals surface area contributed by atoms with E-state index in [1.54, 1.807) is 0 Å². The van der Waals surface area contributed by atoms with Crippen molar-refractivity contribution in [2.24, 2.45) is 0 Å². The van der Waals surface area contributed by atoms with E-state index < -0.39 is 11.6 Å². The third kappa shape index (κ3) is 1.57. The van der Waals surface area contributed by atoms with Crippen LogP contribution in [0.2, 0.25) is 0 Å². The Bertz CT molecular complexity index is 498. The van der Waals surface area contributed by atoms with Crippen LogP contribution in [0.1, 0.15) is 25.7 Å². The van der Waals surface area contributed by atoms with Gasteiger partial charge in [-0.1, -0.05) is 0 Å². The topological polar surface area (TPSA) is 41.1 Å². The molecule has 5 heteroatoms. The van der Waals surface area contributed by atoms with Gasteiger partial charge in [0.2, 0.25) is 5.91 Å². The van der Waals surface area contributed by atoms with Gasteiger partial charge in [-0.05, 0) is 31.4 Å². The summed E-state index contributed by atoms with van der Waals surface area (Å²) in [5, 5.41) is 5.62. The van der Waals surface area contributed by atoms with Crippen LogP contribution >= 0.6 is 0 Å². The van der Waals surface area contributed by atoms with E-state index in [9.17, 15) is 13.6 Å². The number of rotatable bonds is 0. The predicted molar refractivity (Wildman–Crippen MR) is 59.8 cm³/mol. The number of fused-ring (bicyclic) bond motifs is 1. The largest absolute Gasteiger partial charge is 0.375 e. The van der Waals surface area contributed by atoms with Gasteiger partial charge in [-0.25, -0.2) is 8.78 Å². The van der Waals surface area contributed by atoms with Crippen molar-refractivity contribution in [1.29, 1.82) is 0 Å². The number of carbonyl (C=O) groups excluding carboxylic acids is 1. The van der Waals surface area contributed by atoms with Crippen molar-refractivity contribution in [2.75, 3.05) is 10.6 Å². The minimum absolute atomic E-state index is 0.0792. The molecular formula is C12H12F2N2O. The average Bonchev–Trinajstić information content (AvgIpc) is 2.40. The molecule has 1 amide bonds. The number of benzene rings is 1. The Balaban J connectivity index is 2.09. The quantitative estimate of drug-likeness (QED) is 0.729. The summed E-state index contributed by atoms with van der Waals surface area (Å²) >= 11 is 0. The van der Waals surface area contributed by atoms with Gasteiger partial charge in [0.05, 0.1) is 11.4 Å². The van der Waals surface area contributed by atoms with E-state index in [4.69, 9.17) is 0 Å². The molecule has 1 aliphatic heterocycles. The first-order valence-electron chi connectivity index (χ1n) is 5.66. The zero-order valence-corrected chi connectivity index (χ0v) is 9.15. The highest BCUT2D eigenvalue weighted by Gasteiger charge is 2.42. The summed E-state index contributed by atoms with van der Waals surface area (Å²) in [7, 11) is 0. The van der Waals surface area contributed by atoms with Crippen LogP contribution in [-0.2, 0) is 4.79 Å². The molecule has 1 aliphatic carbocycles. The normalized spacial score (nSPS) is 20.9. The van der Waals surface area contributed by atoms with Gasteiger partial charge in [0.15, 0.2) is 11.6 Å². The van der Waals surface area contributed by atoms with Crippen LogP contribution in [0.5, 0.6) is 0 Å². The van der Waals surface area contributed by atoms with Crippen molar-refractivity contribution in [3.8, 4) is 0 Å². The first-order chi connectivity index (χ1) is 8.10. The summed E-state index contributed by atoms with van der Waals surface area (Å²) in [4.78, 5) is 11.7. The molecule has 3 rings (SSSR count). The number of carbonyl (C=O) groups is 1. The molecule has 0 radical (unpaired) electrons. The Hall–Kier alpha value is -1.65. The minimum atomic E-state index is -0.920. The Kier molecular flexibility index (Phi) is 2.11. The number of anilines is 2. The third-order valence-corrected chi connectivity index (χ3v) is 3.57. The van der Waals surface area contributed by atoms with Crippen LogP contribution < -0.4 is 10.6 Å². The molecule has 0 bridgehead atoms. The van der Waals surface area contributed by atoms with E-state index >= 15 is 0 Å². The first-order valence-corrected chi connectivity index (χ1v) is 5.66. The predicted octanol–water partition coefficient (Wildman–Crippen LogP) is 2.64. The average molecular weight is 238 g/mol. The highest BCUT2D eigenvalue weighted by Crippen LogP contribution is 2.43. The van der Waals surface area contributed by atoms with E-state index in [0.29, 0.717) is 12.1 Å². The van der Waals surface area contributed by atoms with Gasteiger partial charge < -0.3 is 10.6 Å². The standard InChI is InChI=1S/C12H12F2N2O/c13-7-2-3-8-11(10(7)14)16-12(4-1-5-12)6-9(17)15-8/h2-3,16H,1,4-6H2,(H,15,17). The Labute approximate surface area is 97.2 Å². The first kappa shape index (κ1) is 10.5. The van der Waals surface area contributed by atoms with E-state index in [1.165, 1.54) is 6.07 Å². The molecule has 17 heavy (non-hydrogen) atoms. The monoisotopic (exact) mass is 238 g/mol. The van der Waals surface area contributed by atoms with Crippen LogP contribution in [0.15, 0.2) is 12.1 Å². The van der Waals surface area contributed by atoms with E-state index in [2.05, 4.69) is 10.6 Å². The second-order valence-electron chi connectivity index (χ2n) is 4.77. The lowest BCUT2D eigenvalue weighted by Gasteiger charge is -2.41. The fourth-order valence-electron chi connectivity index (χ4n) is 2.49. The summed E-state index contributed by atoms with van der Waals surface area (Å²) in [6, 6.07) is 2.41. The molecule has 2 N–H and O–H groups in total. The number of halogens is 2. The molecule has 0 unspecified atom stereocenters. The van der Waals surface area contributed by atoms with Gasteiger partial charge in [-0.15, -0.1) is 0 Å². The van der Waals surface area contributed by atoms with Gasteiger partial charge in [0, 0.05) is 12.0 Å². The van der Waals surface area contributed by atoms with Gasteiger partial charge in [0.1, 0.15) is 0 Å². The lowest BCUT2D eigenvalue weighted by molar-refractivity contribution is -0.117. The smallest absolute Gasteiger partial charge is 0.226 e. The maximum absolute atomic E-state index is 13.7. The number of hydrogen-bond acceptors (Lipinski definition) is 2. The molecule has 3 nitrogen and oxygen atoms in total. The fraction of sp³-hybridized carbons (Fsp3) is 0.417. The van der Waals surface area contributed by atoms with Gasteiger partial charge in [0.25, 0.3) is 0 Å². The van der Waals surface area contributed by atoms with Crippen molar-refractivity contribution in [1.82, 2.24) is 0 Å². The van der Waals surface area contributed by atoms with Crippen molar-refractivity contribution in [2.45, 2.75) is 31.2 Å². The third-order valence-electron chi connectivity index (χ3n) is 3.57. The summed E-state index contributed by atoms with van der Waals surface area (Å²) in [6.07, 6.45) is 2.95. The lowest BCUT2D eigenvalue weighted by atomic mass is 9.74. The number of nitrogens with one attached hydrogen (secondary N) is 2. The van der Waals surface area contributed by atoms with Crippen LogP contribution in [-0.4, -0.2) is 11.4 Å². The molecular weight excluding hydrogens is 226 g/mol. The van der Waals surface area contributed by atoms with Crippen molar-refractivity contribution >= 4 is 17.3 Å². The molecule has 2 aliphatic rings. The highest BCUT2D eigenvalue weighted by atomic mass is 19.2. The molecule has 0 saturated heterocycles. The van der Waals surface area contributed by atoms with Crippen LogP contribution in [0, 0.1) is 11.6 Å². The molecule has 1 heterocycles. The van der Waals surface area contributed by atoms with Crippen LogP contribution in [0.25, 0.3) is 0 Å². The van der Waals surface area contributed by atoms with Crippen molar-refractivity contribution in [3.05, 3.63) is 23.8 Å². The van der Waals surface area contributed by atoms with Crippen molar-refractivity contribution in [3.63, 3.8) is 0 Å². The Morgan fingerprint density at radius 3 is 2.65 bits per heavy atom. The molecule has 1 spiro atoms. The molecule has 90 valence electrons. The van der Waals surface area contributed by atoms with E-state index in [0.717, 1.165) is 25.3 Å². The second kappa shape index (κ2) is 3.42. The van der Waals surface area contributed by atoms with E-state index in [1.807, 2.05) is 0 Å². The van der Waals surface area contributed by atoms with E-state index in [-0.39, 0.29) is 17.1 Å². The number of hydrogen-bond donors (Lipinski definition) is 2. The lowest BCUT2D eigenvalue weighted by Crippen LogP contribution is -2.46. The van der Waals surface area contributed by atoms with Gasteiger partial charge in [-0.2, -0.15) is 0 Å². The van der Waals surface area contributed by atoms with Crippen LogP contribution in [0.3, 0.4) is 0 Å². The van der Waals surface area contributed by atoms with Crippen molar-refractivity contribution < 1.29 is 13.6 Å². The van der Waals surface area contributed by atoms with Gasteiger partial charge in [-0.3, -0.25) is 4.79 Å². The summed E-state index contributed by atoms with van der Waals surface area (Å²) in [5.41, 5.74) is 0.0116. The maximum Gasteiger partial charge on any atom is 0.226 e. The summed E-state index contributed by atoms with van der Waals surface area (Å²) < 4.78 is 26.9. The summed E-state index contributed by atoms with van der Waals surface area (Å²) in [5.74, 6) is -1.97. The SMILES string of the molecule is O=C1CC2(CCC2)Nc2c(ccc(F)c2F)N1. The zero-order valence-electron chi connectivity index (χ0n) is 9.15. The van der Waals surface area contributed by atoms with Crippen LogP contribution in [0.4, 0.5) is 20.2 Å². The maximum atomic E-state index is 13.7. The molecule has 0 aromatic heterocycles. The highest BCUT2D eigenvalue weighted by molar-refractivity contribution is 5.97. The minimum Gasteiger partial charge on any atom is -0.375 e. The molecule has 1 aromatic rings. The molecule has 0 atom stereocenters. The second-order valence-corrected chi connectivity index (χ2v) is 4.77. The number of amides is 1. The molecule has 1 saturated carbocycles. The molecule has 1 fully saturated rings.